The number of amides is 1. The minimum atomic E-state index is -0.383. The van der Waals surface area contributed by atoms with Crippen molar-refractivity contribution in [2.24, 2.45) is 4.99 Å². The monoisotopic (exact) mass is 376 g/mol. The molecule has 1 aromatic heterocycles. The first-order chi connectivity index (χ1) is 12.0. The summed E-state index contributed by atoms with van der Waals surface area (Å²) in [6.07, 6.45) is 0.731. The highest BCUT2D eigenvalue weighted by molar-refractivity contribution is 7.73. The molecule has 130 valence electrons. The van der Waals surface area contributed by atoms with Crippen molar-refractivity contribution in [2.75, 3.05) is 6.61 Å². The molecule has 0 spiro atoms. The van der Waals surface area contributed by atoms with Crippen LogP contribution in [0.2, 0.25) is 0 Å². The Hall–Kier alpha value is -2.32. The molecule has 0 unspecified atom stereocenters. The smallest absolute Gasteiger partial charge is 0.305 e. The van der Waals surface area contributed by atoms with Gasteiger partial charge in [0.25, 0.3) is 5.91 Å². The van der Waals surface area contributed by atoms with E-state index in [1.807, 2.05) is 6.07 Å². The second kappa shape index (κ2) is 7.28. The van der Waals surface area contributed by atoms with E-state index in [9.17, 15) is 14.7 Å². The number of fused-ring (bicyclic) bond motifs is 1. The van der Waals surface area contributed by atoms with Crippen LogP contribution in [0.25, 0.3) is 5.57 Å². The van der Waals surface area contributed by atoms with Gasteiger partial charge < -0.3 is 9.84 Å². The average Bonchev–Trinajstić information content (AvgIpc) is 3.04. The van der Waals surface area contributed by atoms with Gasteiger partial charge in [0.15, 0.2) is 3.95 Å². The highest BCUT2D eigenvalue weighted by atomic mass is 32.1. The number of hydrogen-bond donors (Lipinski definition) is 1. The third-order valence-corrected chi connectivity index (χ3v) is 5.23. The van der Waals surface area contributed by atoms with Crippen LogP contribution >= 0.6 is 23.6 Å². The summed E-state index contributed by atoms with van der Waals surface area (Å²) in [6.45, 7) is 2.47. The summed E-state index contributed by atoms with van der Waals surface area (Å²) >= 11 is 6.48. The first kappa shape index (κ1) is 17.5. The van der Waals surface area contributed by atoms with Crippen LogP contribution < -0.4 is 10.6 Å². The number of rotatable bonds is 6. The zero-order chi connectivity index (χ0) is 18.0. The minimum Gasteiger partial charge on any atom is -0.493 e. The van der Waals surface area contributed by atoms with Gasteiger partial charge in [-0.1, -0.05) is 18.2 Å². The Labute approximate surface area is 152 Å². The van der Waals surface area contributed by atoms with Gasteiger partial charge in [0.1, 0.15) is 4.88 Å². The van der Waals surface area contributed by atoms with Gasteiger partial charge in [-0.05, 0) is 31.6 Å². The number of thiazole rings is 1. The second-order valence-electron chi connectivity index (χ2n) is 5.39. The number of hydrogen-bond acceptors (Lipinski definition) is 6. The molecular formula is C17H16N2O4S2. The Morgan fingerprint density at radius 2 is 2.16 bits per heavy atom. The number of aromatic nitrogens is 1. The fraction of sp³-hybridized carbons (Fsp3) is 0.294. The number of nitrogens with zero attached hydrogens (tertiary/aromatic N) is 2. The lowest BCUT2D eigenvalue weighted by atomic mass is 10.1. The number of para-hydroxylation sites is 1. The van der Waals surface area contributed by atoms with Gasteiger partial charge in [0, 0.05) is 18.2 Å². The largest absolute Gasteiger partial charge is 0.493 e. The van der Waals surface area contributed by atoms with Gasteiger partial charge in [0.2, 0.25) is 5.88 Å². The summed E-state index contributed by atoms with van der Waals surface area (Å²) in [5, 5.41) is 11.8. The summed E-state index contributed by atoms with van der Waals surface area (Å²) in [5.41, 5.74) is 0.369. The van der Waals surface area contributed by atoms with E-state index >= 15 is 0 Å². The van der Waals surface area contributed by atoms with Gasteiger partial charge in [-0.15, -0.1) is 11.3 Å². The summed E-state index contributed by atoms with van der Waals surface area (Å²) in [6, 6.07) is 7.18. The normalized spacial score (nSPS) is 12.8. The van der Waals surface area contributed by atoms with Crippen molar-refractivity contribution in [1.82, 2.24) is 4.57 Å². The van der Waals surface area contributed by atoms with Gasteiger partial charge in [-0.2, -0.15) is 0 Å². The predicted octanol–water partition coefficient (Wildman–Crippen LogP) is 1.69. The summed E-state index contributed by atoms with van der Waals surface area (Å²) in [7, 11) is 0. The summed E-state index contributed by atoms with van der Waals surface area (Å²) in [4.78, 5) is 28.1. The highest BCUT2D eigenvalue weighted by Crippen LogP contribution is 2.32. The summed E-state index contributed by atoms with van der Waals surface area (Å²) in [5.74, 6) is -0.724. The van der Waals surface area contributed by atoms with E-state index in [4.69, 9.17) is 17.0 Å². The molecule has 0 fully saturated rings. The maximum atomic E-state index is 12.3. The Balaban J connectivity index is 1.92. The Morgan fingerprint density at radius 3 is 2.92 bits per heavy atom. The fourth-order valence-electron chi connectivity index (χ4n) is 2.65. The topological polar surface area (TPSA) is 80.9 Å². The molecule has 2 aromatic rings. The van der Waals surface area contributed by atoms with Crippen LogP contribution in [-0.4, -0.2) is 28.2 Å². The lowest BCUT2D eigenvalue weighted by Gasteiger charge is -2.05. The molecule has 0 aliphatic carbocycles. The Bertz CT molecular complexity index is 1020. The standard InChI is InChI=1S/C17H16N2O4S2/c1-2-23-12(20)8-5-9-19-16(22)14(25-17(19)24)13-10-6-3-4-7-11(10)18-15(13)21/h3-4,6-7,22H,2,5,8-9H2,1H3. The Morgan fingerprint density at radius 1 is 1.40 bits per heavy atom. The number of aromatic hydroxyl groups is 1. The quantitative estimate of drug-likeness (QED) is 0.613. The molecule has 2 heterocycles. The van der Waals surface area contributed by atoms with Crippen LogP contribution in [0.3, 0.4) is 0 Å². The van der Waals surface area contributed by atoms with Crippen LogP contribution in [0, 0.1) is 3.95 Å². The zero-order valence-corrected chi connectivity index (χ0v) is 15.2. The van der Waals surface area contributed by atoms with E-state index < -0.39 is 0 Å². The van der Waals surface area contributed by atoms with Crippen LogP contribution in [0.1, 0.15) is 24.6 Å². The molecule has 0 bridgehead atoms. The SMILES string of the molecule is CCOC(=O)CCCn1c(O)c(C2=c3ccccc3=NC2=O)sc1=S. The third-order valence-electron chi connectivity index (χ3n) is 3.77. The van der Waals surface area contributed by atoms with Crippen molar-refractivity contribution in [1.29, 1.82) is 0 Å². The molecule has 8 heteroatoms. The van der Waals surface area contributed by atoms with E-state index in [1.54, 1.807) is 25.1 Å². The van der Waals surface area contributed by atoms with Crippen molar-refractivity contribution >= 4 is 41.0 Å². The average molecular weight is 376 g/mol. The van der Waals surface area contributed by atoms with Crippen molar-refractivity contribution < 1.29 is 19.4 Å². The number of ether oxygens (including phenoxy) is 1. The molecule has 1 aliphatic heterocycles. The molecule has 0 atom stereocenters. The van der Waals surface area contributed by atoms with Gasteiger partial charge >= 0.3 is 5.97 Å². The first-order valence-electron chi connectivity index (χ1n) is 7.84. The molecule has 0 saturated carbocycles. The van der Waals surface area contributed by atoms with Crippen molar-refractivity contribution in [3.63, 3.8) is 0 Å². The Kier molecular flexibility index (Phi) is 5.10. The molecule has 6 nitrogen and oxygen atoms in total. The van der Waals surface area contributed by atoms with Crippen LogP contribution in [-0.2, 0) is 20.9 Å². The van der Waals surface area contributed by atoms with Crippen LogP contribution in [0.15, 0.2) is 29.3 Å². The third kappa shape index (κ3) is 3.40. The number of carbonyl (C=O) groups is 2. The highest BCUT2D eigenvalue weighted by Gasteiger charge is 2.25. The molecule has 0 saturated heterocycles. The van der Waals surface area contributed by atoms with E-state index in [0.29, 0.717) is 44.6 Å². The lowest BCUT2D eigenvalue weighted by Crippen LogP contribution is -2.22. The lowest BCUT2D eigenvalue weighted by molar-refractivity contribution is -0.143. The zero-order valence-electron chi connectivity index (χ0n) is 13.5. The number of carbonyl (C=O) groups excluding carboxylic acids is 2. The van der Waals surface area contributed by atoms with Crippen molar-refractivity contribution in [2.45, 2.75) is 26.3 Å². The van der Waals surface area contributed by atoms with Crippen molar-refractivity contribution in [3.8, 4) is 5.88 Å². The maximum Gasteiger partial charge on any atom is 0.305 e. The molecular weight excluding hydrogens is 360 g/mol. The number of benzene rings is 1. The summed E-state index contributed by atoms with van der Waals surface area (Å²) < 4.78 is 6.87. The number of esters is 1. The van der Waals surface area contributed by atoms with Gasteiger partial charge in [-0.3, -0.25) is 14.2 Å². The van der Waals surface area contributed by atoms with Crippen molar-refractivity contribution in [3.05, 3.63) is 43.7 Å². The molecule has 1 aliphatic rings. The second-order valence-corrected chi connectivity index (χ2v) is 7.03. The van der Waals surface area contributed by atoms with Crippen LogP contribution in [0.4, 0.5) is 0 Å². The van der Waals surface area contributed by atoms with Gasteiger partial charge in [-0.25, -0.2) is 4.99 Å². The molecule has 1 amide bonds. The van der Waals surface area contributed by atoms with Crippen LogP contribution in [0.5, 0.6) is 5.88 Å². The van der Waals surface area contributed by atoms with E-state index in [2.05, 4.69) is 4.99 Å². The molecule has 0 radical (unpaired) electrons. The molecule has 25 heavy (non-hydrogen) atoms. The van der Waals surface area contributed by atoms with E-state index in [1.165, 1.54) is 15.9 Å². The van der Waals surface area contributed by atoms with E-state index in [0.717, 1.165) is 0 Å². The molecule has 3 rings (SSSR count). The maximum absolute atomic E-state index is 12.3. The fourth-order valence-corrected chi connectivity index (χ4v) is 4.05. The minimum absolute atomic E-state index is 0.0610. The molecule has 1 aromatic carbocycles. The molecule has 1 N–H and O–H groups in total. The first-order valence-corrected chi connectivity index (χ1v) is 9.06. The van der Waals surface area contributed by atoms with Gasteiger partial charge in [0.05, 0.1) is 17.5 Å². The predicted molar refractivity (Wildman–Crippen MR) is 95.4 cm³/mol. The van der Waals surface area contributed by atoms with E-state index in [-0.39, 0.29) is 24.2 Å².